The first-order valence-electron chi connectivity index (χ1n) is 6.72. The van der Waals surface area contributed by atoms with Crippen molar-refractivity contribution in [3.05, 3.63) is 34.3 Å². The molecule has 0 unspecified atom stereocenters. The van der Waals surface area contributed by atoms with E-state index in [2.05, 4.69) is 35.9 Å². The van der Waals surface area contributed by atoms with Crippen molar-refractivity contribution in [3.63, 3.8) is 0 Å². The van der Waals surface area contributed by atoms with Crippen molar-refractivity contribution in [3.8, 4) is 11.8 Å². The second-order valence-corrected chi connectivity index (χ2v) is 6.00. The van der Waals surface area contributed by atoms with Gasteiger partial charge in [-0.2, -0.15) is 0 Å². The van der Waals surface area contributed by atoms with Crippen LogP contribution < -0.4 is 11.1 Å². The van der Waals surface area contributed by atoms with Gasteiger partial charge in [0, 0.05) is 23.2 Å². The van der Waals surface area contributed by atoms with Crippen molar-refractivity contribution in [2.45, 2.75) is 19.4 Å². The Hall–Kier alpha value is -1.54. The van der Waals surface area contributed by atoms with Gasteiger partial charge in [-0.3, -0.25) is 4.79 Å². The van der Waals surface area contributed by atoms with Gasteiger partial charge in [-0.05, 0) is 46.1 Å². The van der Waals surface area contributed by atoms with E-state index < -0.39 is 0 Å². The quantitative estimate of drug-likeness (QED) is 0.833. The highest BCUT2D eigenvalue weighted by atomic mass is 35.5. The van der Waals surface area contributed by atoms with Crippen LogP contribution in [-0.4, -0.2) is 43.5 Å². The number of benzene rings is 1. The number of carbonyl (C=O) groups is 1. The molecule has 4 nitrogen and oxygen atoms in total. The molecule has 0 saturated carbocycles. The second kappa shape index (κ2) is 7.46. The van der Waals surface area contributed by atoms with Crippen LogP contribution in [0.1, 0.15) is 29.8 Å². The largest absolute Gasteiger partial charge is 0.350 e. The van der Waals surface area contributed by atoms with E-state index >= 15 is 0 Å². The van der Waals surface area contributed by atoms with E-state index in [1.54, 1.807) is 18.2 Å². The van der Waals surface area contributed by atoms with Crippen LogP contribution in [0.5, 0.6) is 0 Å². The van der Waals surface area contributed by atoms with Crippen molar-refractivity contribution < 1.29 is 4.79 Å². The first kappa shape index (κ1) is 17.5. The molecule has 1 aromatic rings. The van der Waals surface area contributed by atoms with Gasteiger partial charge < -0.3 is 16.0 Å². The first-order chi connectivity index (χ1) is 9.77. The first-order valence-corrected chi connectivity index (χ1v) is 7.10. The number of amides is 1. The van der Waals surface area contributed by atoms with Crippen LogP contribution in [0.25, 0.3) is 0 Å². The number of hydrogen-bond donors (Lipinski definition) is 2. The number of nitrogens with two attached hydrogens (primary N) is 1. The average molecular weight is 308 g/mol. The van der Waals surface area contributed by atoms with Gasteiger partial charge >= 0.3 is 0 Å². The highest BCUT2D eigenvalue weighted by Gasteiger charge is 2.21. The zero-order valence-corrected chi connectivity index (χ0v) is 13.7. The highest BCUT2D eigenvalue weighted by Crippen LogP contribution is 2.17. The van der Waals surface area contributed by atoms with Gasteiger partial charge in [-0.15, -0.1) is 0 Å². The molecule has 0 radical (unpaired) electrons. The molecule has 0 aromatic heterocycles. The predicted molar refractivity (Wildman–Crippen MR) is 87.5 cm³/mol. The van der Waals surface area contributed by atoms with Gasteiger partial charge in [0.15, 0.2) is 0 Å². The summed E-state index contributed by atoms with van der Waals surface area (Å²) in [5.41, 5.74) is 6.40. The zero-order valence-electron chi connectivity index (χ0n) is 13.0. The fourth-order valence-corrected chi connectivity index (χ4v) is 1.69. The standard InChI is InChI=1S/C16H22ClN3O/c1-16(2,20(3)4)11-19-15(21)13-8-7-12(6-5-9-18)14(17)10-13/h7-8,10H,9,11,18H2,1-4H3,(H,19,21). The van der Waals surface area contributed by atoms with E-state index in [0.717, 1.165) is 0 Å². The van der Waals surface area contributed by atoms with Crippen LogP contribution in [0.4, 0.5) is 0 Å². The lowest BCUT2D eigenvalue weighted by Gasteiger charge is -2.32. The lowest BCUT2D eigenvalue weighted by Crippen LogP contribution is -2.48. The molecule has 0 atom stereocenters. The Morgan fingerprint density at radius 3 is 2.62 bits per heavy atom. The Kier molecular flexibility index (Phi) is 6.22. The van der Waals surface area contributed by atoms with Crippen LogP contribution in [0.2, 0.25) is 5.02 Å². The molecule has 0 bridgehead atoms. The van der Waals surface area contributed by atoms with Gasteiger partial charge in [0.2, 0.25) is 0 Å². The number of halogens is 1. The summed E-state index contributed by atoms with van der Waals surface area (Å²) in [6.07, 6.45) is 0. The monoisotopic (exact) mass is 307 g/mol. The van der Waals surface area contributed by atoms with Crippen LogP contribution in [0.3, 0.4) is 0 Å². The normalized spacial score (nSPS) is 11.0. The lowest BCUT2D eigenvalue weighted by atomic mass is 10.0. The van der Waals surface area contributed by atoms with E-state index in [-0.39, 0.29) is 18.0 Å². The second-order valence-electron chi connectivity index (χ2n) is 5.59. The summed E-state index contributed by atoms with van der Waals surface area (Å²) in [4.78, 5) is 14.2. The fourth-order valence-electron chi connectivity index (χ4n) is 1.46. The van der Waals surface area contributed by atoms with Gasteiger partial charge in [-0.25, -0.2) is 0 Å². The zero-order chi connectivity index (χ0) is 16.0. The third-order valence-electron chi connectivity index (χ3n) is 3.45. The molecular weight excluding hydrogens is 286 g/mol. The maximum Gasteiger partial charge on any atom is 0.251 e. The van der Waals surface area contributed by atoms with Crippen LogP contribution in [0, 0.1) is 11.8 Å². The molecule has 114 valence electrons. The average Bonchev–Trinajstić information content (AvgIpc) is 2.43. The van der Waals surface area contributed by atoms with Gasteiger partial charge in [-0.1, -0.05) is 23.4 Å². The van der Waals surface area contributed by atoms with E-state index in [4.69, 9.17) is 17.3 Å². The third kappa shape index (κ3) is 5.05. The molecule has 0 aliphatic carbocycles. The van der Waals surface area contributed by atoms with Gasteiger partial charge in [0.25, 0.3) is 5.91 Å². The topological polar surface area (TPSA) is 58.4 Å². The number of carbonyl (C=O) groups excluding carboxylic acids is 1. The maximum atomic E-state index is 12.1. The molecule has 3 N–H and O–H groups in total. The van der Waals surface area contributed by atoms with Crippen LogP contribution in [-0.2, 0) is 0 Å². The summed E-state index contributed by atoms with van der Waals surface area (Å²) in [5, 5.41) is 3.37. The Morgan fingerprint density at radius 2 is 2.10 bits per heavy atom. The minimum absolute atomic E-state index is 0.119. The minimum Gasteiger partial charge on any atom is -0.350 e. The van der Waals surface area contributed by atoms with E-state index in [0.29, 0.717) is 22.7 Å². The summed E-state index contributed by atoms with van der Waals surface area (Å²) in [7, 11) is 3.96. The van der Waals surface area contributed by atoms with Crippen LogP contribution >= 0.6 is 11.6 Å². The minimum atomic E-state index is -0.148. The van der Waals surface area contributed by atoms with Crippen molar-refractivity contribution in [2.24, 2.45) is 5.73 Å². The smallest absolute Gasteiger partial charge is 0.251 e. The van der Waals surface area contributed by atoms with Crippen molar-refractivity contribution in [1.29, 1.82) is 0 Å². The number of rotatable bonds is 4. The lowest BCUT2D eigenvalue weighted by molar-refractivity contribution is 0.0919. The number of likely N-dealkylation sites (N-methyl/N-ethyl adjacent to an activating group) is 1. The van der Waals surface area contributed by atoms with Crippen molar-refractivity contribution >= 4 is 17.5 Å². The molecule has 21 heavy (non-hydrogen) atoms. The van der Waals surface area contributed by atoms with Crippen molar-refractivity contribution in [2.75, 3.05) is 27.2 Å². The molecule has 0 aliphatic heterocycles. The van der Waals surface area contributed by atoms with Crippen molar-refractivity contribution in [1.82, 2.24) is 10.2 Å². The SMILES string of the molecule is CN(C)C(C)(C)CNC(=O)c1ccc(C#CCN)c(Cl)c1. The van der Waals surface area contributed by atoms with Crippen LogP contribution in [0.15, 0.2) is 18.2 Å². The summed E-state index contributed by atoms with van der Waals surface area (Å²) in [6.45, 7) is 4.95. The van der Waals surface area contributed by atoms with E-state index in [1.807, 2.05) is 14.1 Å². The summed E-state index contributed by atoms with van der Waals surface area (Å²) < 4.78 is 0. The molecule has 0 saturated heterocycles. The van der Waals surface area contributed by atoms with E-state index in [1.165, 1.54) is 0 Å². The number of hydrogen-bond acceptors (Lipinski definition) is 3. The third-order valence-corrected chi connectivity index (χ3v) is 3.76. The Labute approximate surface area is 131 Å². The molecule has 1 amide bonds. The Morgan fingerprint density at radius 1 is 1.43 bits per heavy atom. The molecular formula is C16H22ClN3O. The van der Waals surface area contributed by atoms with Gasteiger partial charge in [0.1, 0.15) is 0 Å². The predicted octanol–water partition coefficient (Wildman–Crippen LogP) is 1.72. The number of nitrogens with zero attached hydrogens (tertiary/aromatic N) is 1. The van der Waals surface area contributed by atoms with Gasteiger partial charge in [0.05, 0.1) is 11.6 Å². The number of nitrogens with one attached hydrogen (secondary N) is 1. The highest BCUT2D eigenvalue weighted by molar-refractivity contribution is 6.32. The van der Waals surface area contributed by atoms with E-state index in [9.17, 15) is 4.79 Å². The summed E-state index contributed by atoms with van der Waals surface area (Å²) >= 11 is 6.12. The molecule has 0 aliphatic rings. The molecule has 0 fully saturated rings. The Bertz CT molecular complexity index is 571. The molecule has 1 rings (SSSR count). The Balaban J connectivity index is 2.78. The summed E-state index contributed by atoms with van der Waals surface area (Å²) in [6, 6.07) is 5.07. The molecule has 0 heterocycles. The molecule has 5 heteroatoms. The molecule has 0 spiro atoms. The summed E-state index contributed by atoms with van der Waals surface area (Å²) in [5.74, 6) is 5.46. The molecule has 1 aromatic carbocycles. The fraction of sp³-hybridized carbons (Fsp3) is 0.438. The maximum absolute atomic E-state index is 12.1.